The minimum Gasteiger partial charge on any atom is -0.386 e. The number of nitrogens with one attached hydrogen (secondary N) is 1. The van der Waals surface area contributed by atoms with Gasteiger partial charge in [0.1, 0.15) is 0 Å². The van der Waals surface area contributed by atoms with Gasteiger partial charge in [0.25, 0.3) is 5.91 Å². The van der Waals surface area contributed by atoms with Gasteiger partial charge in [0.05, 0.1) is 5.71 Å². The summed E-state index contributed by atoms with van der Waals surface area (Å²) in [6.45, 7) is 26.9. The van der Waals surface area contributed by atoms with Gasteiger partial charge in [-0.15, -0.1) is 0 Å². The summed E-state index contributed by atoms with van der Waals surface area (Å²) in [6.07, 6.45) is 5.08. The van der Waals surface area contributed by atoms with E-state index in [1.807, 2.05) is 83.1 Å². The zero-order valence-corrected chi connectivity index (χ0v) is 20.7. The van der Waals surface area contributed by atoms with Crippen LogP contribution in [0.2, 0.25) is 0 Å². The minimum absolute atomic E-state index is 0.0234. The number of oxime groups is 1. The third kappa shape index (κ3) is 49.5. The second kappa shape index (κ2) is 56.4. The van der Waals surface area contributed by atoms with Crippen molar-refractivity contribution in [2.24, 2.45) is 5.16 Å². The van der Waals surface area contributed by atoms with Crippen molar-refractivity contribution in [3.63, 3.8) is 0 Å². The summed E-state index contributed by atoms with van der Waals surface area (Å²) in [4.78, 5) is 16.2. The molecule has 0 bridgehead atoms. The normalized spacial score (nSPS) is 7.12. The van der Waals surface area contributed by atoms with Crippen molar-refractivity contribution in [1.29, 1.82) is 0 Å². The fourth-order valence-corrected chi connectivity index (χ4v) is 1.22. The molecule has 26 heavy (non-hydrogen) atoms. The van der Waals surface area contributed by atoms with Crippen molar-refractivity contribution in [2.75, 3.05) is 13.2 Å². The van der Waals surface area contributed by atoms with Crippen molar-refractivity contribution >= 4 is 11.6 Å². The van der Waals surface area contributed by atoms with Crippen LogP contribution in [-0.4, -0.2) is 24.8 Å². The summed E-state index contributed by atoms with van der Waals surface area (Å²) in [5.41, 5.74) is 0.985. The number of carbonyl (C=O) groups is 1. The van der Waals surface area contributed by atoms with Crippen LogP contribution in [0.5, 0.6) is 0 Å². The molecule has 0 aliphatic carbocycles. The van der Waals surface area contributed by atoms with E-state index in [2.05, 4.69) is 17.4 Å². The van der Waals surface area contributed by atoms with Crippen LogP contribution in [0.4, 0.5) is 0 Å². The quantitative estimate of drug-likeness (QED) is 0.255. The van der Waals surface area contributed by atoms with Crippen molar-refractivity contribution in [3.8, 4) is 0 Å². The molecular formula is C22H54N2O2. The molecule has 0 saturated heterocycles. The first-order valence-corrected chi connectivity index (χ1v) is 11.2. The molecule has 0 heterocycles. The first-order valence-electron chi connectivity index (χ1n) is 11.2. The van der Waals surface area contributed by atoms with Gasteiger partial charge in [0.15, 0.2) is 6.61 Å². The van der Waals surface area contributed by atoms with Gasteiger partial charge in [-0.1, -0.05) is 108 Å². The molecule has 0 saturated carbocycles. The average molecular weight is 379 g/mol. The molecule has 4 nitrogen and oxygen atoms in total. The third-order valence-corrected chi connectivity index (χ3v) is 2.31. The molecule has 0 spiro atoms. The number of hydrogen-bond donors (Lipinski definition) is 1. The van der Waals surface area contributed by atoms with E-state index in [1.54, 1.807) is 0 Å². The maximum Gasteiger partial charge on any atom is 0.260 e. The maximum absolute atomic E-state index is 11.3. The first-order chi connectivity index (χ1) is 12.7. The topological polar surface area (TPSA) is 50.7 Å². The molecule has 0 aliphatic rings. The van der Waals surface area contributed by atoms with Gasteiger partial charge in [-0.3, -0.25) is 4.79 Å². The van der Waals surface area contributed by atoms with Gasteiger partial charge in [0, 0.05) is 6.54 Å². The standard InChI is InChI=1S/C12H24N2O2.5C2H6/c1-4-7-8-9-13-12(15)10-16-14-11(5-2)6-3;5*1-2/h4-10H2,1-3H3,(H,13,15);5*1-2H3. The Hall–Kier alpha value is -1.06. The van der Waals surface area contributed by atoms with E-state index in [-0.39, 0.29) is 12.5 Å². The molecule has 1 amide bonds. The van der Waals surface area contributed by atoms with Crippen LogP contribution in [0.1, 0.15) is 122 Å². The Morgan fingerprint density at radius 3 is 1.54 bits per heavy atom. The highest BCUT2D eigenvalue weighted by Crippen LogP contribution is 1.93. The zero-order chi connectivity index (χ0) is 22.2. The molecule has 0 unspecified atom stereocenters. The van der Waals surface area contributed by atoms with Crippen molar-refractivity contribution in [3.05, 3.63) is 0 Å². The van der Waals surface area contributed by atoms with Gasteiger partial charge in [-0.2, -0.15) is 0 Å². The van der Waals surface area contributed by atoms with Gasteiger partial charge in [-0.05, 0) is 19.3 Å². The minimum atomic E-state index is -0.0913. The lowest BCUT2D eigenvalue weighted by molar-refractivity contribution is -0.125. The summed E-state index contributed by atoms with van der Waals surface area (Å²) in [7, 11) is 0. The Morgan fingerprint density at radius 1 is 0.769 bits per heavy atom. The fraction of sp³-hybridized carbons (Fsp3) is 0.909. The highest BCUT2D eigenvalue weighted by atomic mass is 16.6. The number of rotatable bonds is 9. The maximum atomic E-state index is 11.3. The summed E-state index contributed by atoms with van der Waals surface area (Å²) in [5.74, 6) is -0.0913. The van der Waals surface area contributed by atoms with E-state index in [4.69, 9.17) is 4.84 Å². The second-order valence-corrected chi connectivity index (χ2v) is 3.70. The Kier molecular flexibility index (Phi) is 86.5. The predicted molar refractivity (Wildman–Crippen MR) is 123 cm³/mol. The van der Waals surface area contributed by atoms with E-state index in [9.17, 15) is 4.79 Å². The molecule has 0 aromatic heterocycles. The van der Waals surface area contributed by atoms with Crippen LogP contribution in [0.25, 0.3) is 0 Å². The molecule has 0 atom stereocenters. The average Bonchev–Trinajstić information content (AvgIpc) is 2.76. The van der Waals surface area contributed by atoms with Crippen LogP contribution >= 0.6 is 0 Å². The third-order valence-electron chi connectivity index (χ3n) is 2.31. The van der Waals surface area contributed by atoms with E-state index in [0.717, 1.165) is 44.4 Å². The van der Waals surface area contributed by atoms with Crippen LogP contribution < -0.4 is 5.32 Å². The van der Waals surface area contributed by atoms with Crippen LogP contribution in [0.3, 0.4) is 0 Å². The lowest BCUT2D eigenvalue weighted by Crippen LogP contribution is -2.27. The number of unbranched alkanes of at least 4 members (excludes halogenated alkanes) is 2. The number of nitrogens with zero attached hydrogens (tertiary/aromatic N) is 1. The Morgan fingerprint density at radius 2 is 1.19 bits per heavy atom. The SMILES string of the molecule is CC.CC.CC.CC.CC.CCCCCNC(=O)CON=C(CC)CC. The highest BCUT2D eigenvalue weighted by Gasteiger charge is 2.00. The molecule has 0 aromatic rings. The van der Waals surface area contributed by atoms with Gasteiger partial charge >= 0.3 is 0 Å². The van der Waals surface area contributed by atoms with Crippen molar-refractivity contribution in [2.45, 2.75) is 122 Å². The molecule has 0 rings (SSSR count). The monoisotopic (exact) mass is 378 g/mol. The van der Waals surface area contributed by atoms with Crippen LogP contribution in [-0.2, 0) is 9.63 Å². The molecule has 0 aliphatic heterocycles. The molecule has 0 fully saturated rings. The van der Waals surface area contributed by atoms with Crippen molar-refractivity contribution < 1.29 is 9.63 Å². The highest BCUT2D eigenvalue weighted by molar-refractivity contribution is 5.83. The summed E-state index contributed by atoms with van der Waals surface area (Å²) in [6, 6.07) is 0. The molecule has 1 N–H and O–H groups in total. The number of carbonyl (C=O) groups excluding carboxylic acids is 1. The summed E-state index contributed by atoms with van der Waals surface area (Å²) < 4.78 is 0. The first kappa shape index (κ1) is 39.8. The summed E-state index contributed by atoms with van der Waals surface area (Å²) in [5, 5.41) is 6.69. The Labute approximate surface area is 167 Å². The molecule has 4 heteroatoms. The molecule has 0 aromatic carbocycles. The van der Waals surface area contributed by atoms with E-state index in [1.165, 1.54) is 0 Å². The number of hydrogen-bond acceptors (Lipinski definition) is 3. The molecule has 0 radical (unpaired) electrons. The molecule has 164 valence electrons. The lowest BCUT2D eigenvalue weighted by Gasteiger charge is -2.04. The molecular weight excluding hydrogens is 324 g/mol. The largest absolute Gasteiger partial charge is 0.386 e. The van der Waals surface area contributed by atoms with Gasteiger partial charge < -0.3 is 10.2 Å². The van der Waals surface area contributed by atoms with Crippen LogP contribution in [0, 0.1) is 0 Å². The predicted octanol–water partition coefficient (Wildman–Crippen LogP) is 7.62. The van der Waals surface area contributed by atoms with E-state index >= 15 is 0 Å². The van der Waals surface area contributed by atoms with E-state index in [0.29, 0.717) is 0 Å². The van der Waals surface area contributed by atoms with Crippen LogP contribution in [0.15, 0.2) is 5.16 Å². The van der Waals surface area contributed by atoms with Crippen molar-refractivity contribution in [1.82, 2.24) is 5.32 Å². The Balaban J connectivity index is -0.0000000854. The zero-order valence-electron chi connectivity index (χ0n) is 20.7. The smallest absolute Gasteiger partial charge is 0.260 e. The fourth-order valence-electron chi connectivity index (χ4n) is 1.22. The van der Waals surface area contributed by atoms with E-state index < -0.39 is 0 Å². The Bertz CT molecular complexity index is 212. The lowest BCUT2D eigenvalue weighted by atomic mass is 10.2. The summed E-state index contributed by atoms with van der Waals surface area (Å²) >= 11 is 0. The van der Waals surface area contributed by atoms with Gasteiger partial charge in [-0.25, -0.2) is 0 Å². The second-order valence-electron chi connectivity index (χ2n) is 3.70. The number of amides is 1. The van der Waals surface area contributed by atoms with Gasteiger partial charge in [0.2, 0.25) is 0 Å².